The summed E-state index contributed by atoms with van der Waals surface area (Å²) in [6, 6.07) is 0.210. The highest BCUT2D eigenvalue weighted by molar-refractivity contribution is 5.90. The first-order chi connectivity index (χ1) is 6.75. The summed E-state index contributed by atoms with van der Waals surface area (Å²) in [6.07, 6.45) is 0.967. The molecule has 14 heavy (non-hydrogen) atoms. The number of aromatic nitrogens is 3. The molecule has 1 aromatic heterocycles. The Bertz CT molecular complexity index is 328. The molecule has 0 spiro atoms. The Morgan fingerprint density at radius 3 is 3.07 bits per heavy atom. The molecule has 6 heteroatoms. The zero-order valence-electron chi connectivity index (χ0n) is 8.00. The van der Waals surface area contributed by atoms with E-state index in [2.05, 4.69) is 25.8 Å². The van der Waals surface area contributed by atoms with Gasteiger partial charge in [0, 0.05) is 12.6 Å². The molecule has 0 radical (unpaired) electrons. The van der Waals surface area contributed by atoms with Crippen molar-refractivity contribution >= 4 is 5.91 Å². The van der Waals surface area contributed by atoms with Crippen molar-refractivity contribution in [2.45, 2.75) is 19.4 Å². The molecule has 1 fully saturated rings. The third-order valence-electron chi connectivity index (χ3n) is 2.20. The van der Waals surface area contributed by atoms with Crippen LogP contribution >= 0.6 is 0 Å². The molecule has 6 nitrogen and oxygen atoms in total. The Balaban J connectivity index is 1.95. The van der Waals surface area contributed by atoms with E-state index in [1.807, 2.05) is 0 Å². The predicted molar refractivity (Wildman–Crippen MR) is 49.9 cm³/mol. The highest BCUT2D eigenvalue weighted by Crippen LogP contribution is 1.99. The summed E-state index contributed by atoms with van der Waals surface area (Å²) < 4.78 is 0. The van der Waals surface area contributed by atoms with Crippen LogP contribution in [0.2, 0.25) is 0 Å². The van der Waals surface area contributed by atoms with Crippen molar-refractivity contribution in [2.24, 2.45) is 0 Å². The van der Waals surface area contributed by atoms with Crippen molar-refractivity contribution in [3.05, 3.63) is 11.6 Å². The number of H-pyrrole nitrogens is 1. The number of carbonyl (C=O) groups excluding carboxylic acids is 1. The van der Waals surface area contributed by atoms with Crippen molar-refractivity contribution in [3.63, 3.8) is 0 Å². The molecule has 3 N–H and O–H groups in total. The van der Waals surface area contributed by atoms with Gasteiger partial charge in [-0.15, -0.1) is 5.10 Å². The lowest BCUT2D eigenvalue weighted by Gasteiger charge is -2.08. The van der Waals surface area contributed by atoms with Gasteiger partial charge in [-0.1, -0.05) is 0 Å². The molecule has 0 aliphatic carbocycles. The van der Waals surface area contributed by atoms with Crippen LogP contribution in [0.1, 0.15) is 22.9 Å². The Kier molecular flexibility index (Phi) is 2.45. The molecule has 0 unspecified atom stereocenters. The average Bonchev–Trinajstić information content (AvgIpc) is 2.75. The molecule has 0 bridgehead atoms. The monoisotopic (exact) mass is 195 g/mol. The second-order valence-corrected chi connectivity index (χ2v) is 3.41. The summed E-state index contributed by atoms with van der Waals surface area (Å²) in [7, 11) is 0. The van der Waals surface area contributed by atoms with Gasteiger partial charge in [-0.25, -0.2) is 4.98 Å². The lowest BCUT2D eigenvalue weighted by molar-refractivity contribution is 0.0930. The van der Waals surface area contributed by atoms with Crippen LogP contribution < -0.4 is 10.6 Å². The fourth-order valence-electron chi connectivity index (χ4n) is 1.47. The molecule has 2 rings (SSSR count). The average molecular weight is 195 g/mol. The van der Waals surface area contributed by atoms with Crippen LogP contribution in [-0.4, -0.2) is 40.2 Å². The van der Waals surface area contributed by atoms with Crippen LogP contribution in [0.15, 0.2) is 0 Å². The van der Waals surface area contributed by atoms with Gasteiger partial charge in [0.25, 0.3) is 5.91 Å². The lowest BCUT2D eigenvalue weighted by atomic mass is 10.2. The highest BCUT2D eigenvalue weighted by atomic mass is 16.2. The number of hydrogen-bond acceptors (Lipinski definition) is 4. The topological polar surface area (TPSA) is 82.7 Å². The van der Waals surface area contributed by atoms with Gasteiger partial charge in [-0.2, -0.15) is 0 Å². The summed E-state index contributed by atoms with van der Waals surface area (Å²) in [5.41, 5.74) is 0. The summed E-state index contributed by atoms with van der Waals surface area (Å²) >= 11 is 0. The minimum absolute atomic E-state index is 0.206. The van der Waals surface area contributed by atoms with E-state index >= 15 is 0 Å². The SMILES string of the molecule is Cc1nc(C(=O)N[C@H]2CCNC2)n[nH]1. The van der Waals surface area contributed by atoms with Gasteiger partial charge in [0.2, 0.25) is 5.82 Å². The first-order valence-corrected chi connectivity index (χ1v) is 4.66. The van der Waals surface area contributed by atoms with Crippen molar-refractivity contribution in [2.75, 3.05) is 13.1 Å². The summed E-state index contributed by atoms with van der Waals surface area (Å²) in [5, 5.41) is 12.5. The zero-order chi connectivity index (χ0) is 9.97. The fourth-order valence-corrected chi connectivity index (χ4v) is 1.47. The van der Waals surface area contributed by atoms with Crippen LogP contribution in [0.5, 0.6) is 0 Å². The number of carbonyl (C=O) groups is 1. The van der Waals surface area contributed by atoms with E-state index in [0.717, 1.165) is 19.5 Å². The Morgan fingerprint density at radius 1 is 1.64 bits per heavy atom. The van der Waals surface area contributed by atoms with Gasteiger partial charge >= 0.3 is 0 Å². The van der Waals surface area contributed by atoms with Crippen LogP contribution in [-0.2, 0) is 0 Å². The largest absolute Gasteiger partial charge is 0.345 e. The normalized spacial score (nSPS) is 21.1. The first kappa shape index (κ1) is 9.14. The van der Waals surface area contributed by atoms with Gasteiger partial charge in [0.15, 0.2) is 0 Å². The maximum absolute atomic E-state index is 11.5. The number of rotatable bonds is 2. The Morgan fingerprint density at radius 2 is 2.50 bits per heavy atom. The van der Waals surface area contributed by atoms with Crippen molar-refractivity contribution < 1.29 is 4.79 Å². The van der Waals surface area contributed by atoms with Gasteiger partial charge in [0.1, 0.15) is 5.82 Å². The molecular weight excluding hydrogens is 182 g/mol. The van der Waals surface area contributed by atoms with E-state index in [0.29, 0.717) is 5.82 Å². The quantitative estimate of drug-likeness (QED) is 0.577. The molecule has 1 aromatic rings. The third kappa shape index (κ3) is 1.90. The number of nitrogens with one attached hydrogen (secondary N) is 3. The van der Waals surface area contributed by atoms with Gasteiger partial charge in [-0.3, -0.25) is 9.89 Å². The molecule has 76 valence electrons. The van der Waals surface area contributed by atoms with Gasteiger partial charge < -0.3 is 10.6 Å². The Hall–Kier alpha value is -1.43. The number of aryl methyl sites for hydroxylation is 1. The minimum atomic E-state index is -0.206. The maximum atomic E-state index is 11.5. The van der Waals surface area contributed by atoms with Gasteiger partial charge in [0.05, 0.1) is 0 Å². The molecule has 0 aromatic carbocycles. The minimum Gasteiger partial charge on any atom is -0.345 e. The second kappa shape index (κ2) is 3.75. The van der Waals surface area contributed by atoms with Crippen LogP contribution in [0, 0.1) is 6.92 Å². The maximum Gasteiger partial charge on any atom is 0.291 e. The summed E-state index contributed by atoms with van der Waals surface area (Å²) in [5.74, 6) is 0.664. The van der Waals surface area contributed by atoms with Crippen LogP contribution in [0.3, 0.4) is 0 Å². The van der Waals surface area contributed by atoms with E-state index in [-0.39, 0.29) is 17.8 Å². The molecule has 1 aliphatic heterocycles. The number of aromatic amines is 1. The zero-order valence-corrected chi connectivity index (χ0v) is 8.00. The molecule has 0 saturated carbocycles. The first-order valence-electron chi connectivity index (χ1n) is 4.66. The van der Waals surface area contributed by atoms with E-state index in [4.69, 9.17) is 0 Å². The van der Waals surface area contributed by atoms with E-state index in [1.165, 1.54) is 0 Å². The fraction of sp³-hybridized carbons (Fsp3) is 0.625. The molecule has 1 aliphatic rings. The van der Waals surface area contributed by atoms with Crippen molar-refractivity contribution in [3.8, 4) is 0 Å². The smallest absolute Gasteiger partial charge is 0.291 e. The Labute approximate surface area is 81.5 Å². The molecule has 2 heterocycles. The van der Waals surface area contributed by atoms with Crippen LogP contribution in [0.25, 0.3) is 0 Å². The standard InChI is InChI=1S/C8H13N5O/c1-5-10-7(13-12-5)8(14)11-6-2-3-9-4-6/h6,9H,2-4H2,1H3,(H,11,14)(H,10,12,13)/t6-/m0/s1. The predicted octanol–water partition coefficient (Wildman–Crippen LogP) is -0.795. The molecular formula is C8H13N5O. The lowest BCUT2D eigenvalue weighted by Crippen LogP contribution is -2.36. The van der Waals surface area contributed by atoms with Gasteiger partial charge in [-0.05, 0) is 19.9 Å². The second-order valence-electron chi connectivity index (χ2n) is 3.41. The number of amides is 1. The van der Waals surface area contributed by atoms with E-state index < -0.39 is 0 Å². The van der Waals surface area contributed by atoms with Crippen molar-refractivity contribution in [1.29, 1.82) is 0 Å². The van der Waals surface area contributed by atoms with E-state index in [1.54, 1.807) is 6.92 Å². The molecule has 1 amide bonds. The summed E-state index contributed by atoms with van der Waals surface area (Å²) in [4.78, 5) is 15.5. The summed E-state index contributed by atoms with van der Waals surface area (Å²) in [6.45, 7) is 3.55. The third-order valence-corrected chi connectivity index (χ3v) is 2.20. The number of nitrogens with zero attached hydrogens (tertiary/aromatic N) is 2. The molecule has 1 saturated heterocycles. The van der Waals surface area contributed by atoms with E-state index in [9.17, 15) is 4.79 Å². The van der Waals surface area contributed by atoms with Crippen LogP contribution in [0.4, 0.5) is 0 Å². The number of hydrogen-bond donors (Lipinski definition) is 3. The highest BCUT2D eigenvalue weighted by Gasteiger charge is 2.19. The molecule has 1 atom stereocenters. The van der Waals surface area contributed by atoms with Crippen molar-refractivity contribution in [1.82, 2.24) is 25.8 Å².